The first-order valence-electron chi connectivity index (χ1n) is 30.9. The summed E-state index contributed by atoms with van der Waals surface area (Å²) in [6.45, 7) is 23.5. The predicted molar refractivity (Wildman–Crippen MR) is 338 cm³/mol. The van der Waals surface area contributed by atoms with Crippen molar-refractivity contribution in [3.05, 3.63) is 93.0 Å². The topological polar surface area (TPSA) is 236 Å². The molecule has 3 aliphatic rings. The lowest BCUT2D eigenvalue weighted by molar-refractivity contribution is -0.136. The Morgan fingerprint density at radius 3 is 0.698 bits per heavy atom. The molecule has 1 aliphatic heterocycles. The highest BCUT2D eigenvalue weighted by molar-refractivity contribution is 5.89. The van der Waals surface area contributed by atoms with Gasteiger partial charge in [-0.3, -0.25) is 39.1 Å². The van der Waals surface area contributed by atoms with Crippen LogP contribution in [0.5, 0.6) is 46.0 Å². The van der Waals surface area contributed by atoms with Crippen LogP contribution in [0.25, 0.3) is 0 Å². The molecular formula is C70H92N4O12. The van der Waals surface area contributed by atoms with E-state index < -0.39 is 45.5 Å². The van der Waals surface area contributed by atoms with Crippen molar-refractivity contribution in [3.63, 3.8) is 0 Å². The van der Waals surface area contributed by atoms with Crippen LogP contribution in [0.4, 0.5) is 0 Å². The molecule has 4 aromatic rings. The maximum absolute atomic E-state index is 13.4. The minimum atomic E-state index is -0.518. The Balaban J connectivity index is 1.16. The standard InChI is InChI=1S/C70H92N4O12/c1-67(2,3)51-35-47-31-43(63(51)79)39-71-55-23-19-20-24-56(55)72-40-44-32-48(36-52(64(44)80)68(4,5)6)85-61(77)29-17-14-18-30-62(78)86-50-34-46(66(82)54(38-50)70(10,11)12)42-74-58-26-22-21-25-57(58)73-41-45-33-49(37-53(65(45)81)69(7,8)9)84-60(76)28-16-13-15-27-59(75)83-47/h31-42,55-58,79-82H,13-30H2,1-12H3. The van der Waals surface area contributed by atoms with Gasteiger partial charge in [0.2, 0.25) is 0 Å². The van der Waals surface area contributed by atoms with Crippen LogP contribution in [0, 0.1) is 0 Å². The monoisotopic (exact) mass is 1180 g/mol. The number of aliphatic imine (C=N–C) groups is 4. The van der Waals surface area contributed by atoms with Crippen molar-refractivity contribution in [2.24, 2.45) is 20.0 Å². The predicted octanol–water partition coefficient (Wildman–Crippen LogP) is 14.6. The van der Waals surface area contributed by atoms with Gasteiger partial charge in [-0.15, -0.1) is 0 Å². The Labute approximate surface area is 508 Å². The Hall–Kier alpha value is -7.36. The molecule has 0 radical (unpaired) electrons. The molecule has 4 unspecified atom stereocenters. The number of phenols is 4. The number of benzene rings is 4. The largest absolute Gasteiger partial charge is 0.507 e. The quantitative estimate of drug-likeness (QED) is 0.0950. The number of ether oxygens (including phenoxy) is 4. The molecule has 0 saturated heterocycles. The molecule has 0 aromatic heterocycles. The zero-order valence-electron chi connectivity index (χ0n) is 52.8. The van der Waals surface area contributed by atoms with E-state index in [9.17, 15) is 39.6 Å². The van der Waals surface area contributed by atoms with Crippen molar-refractivity contribution in [1.29, 1.82) is 0 Å². The fraction of sp³-hybridized carbons (Fsp3) is 0.543. The van der Waals surface area contributed by atoms with Crippen LogP contribution in [0.15, 0.2) is 68.5 Å². The Kier molecular flexibility index (Phi) is 21.9. The van der Waals surface area contributed by atoms with Gasteiger partial charge in [0.15, 0.2) is 0 Å². The number of rotatable bonds is 0. The van der Waals surface area contributed by atoms with Crippen LogP contribution >= 0.6 is 0 Å². The number of fused-ring (bicyclic) bond motifs is 10. The van der Waals surface area contributed by atoms with E-state index in [1.54, 1.807) is 73.4 Å². The summed E-state index contributed by atoms with van der Waals surface area (Å²) in [7, 11) is 0. The third kappa shape index (κ3) is 18.3. The van der Waals surface area contributed by atoms with Crippen LogP contribution in [-0.4, -0.2) is 93.3 Å². The molecule has 2 aliphatic carbocycles. The van der Waals surface area contributed by atoms with Crippen molar-refractivity contribution < 1.29 is 58.6 Å². The van der Waals surface area contributed by atoms with Gasteiger partial charge >= 0.3 is 23.9 Å². The van der Waals surface area contributed by atoms with Gasteiger partial charge in [0.05, 0.1) is 24.2 Å². The molecule has 4 aromatic carbocycles. The van der Waals surface area contributed by atoms with Gasteiger partial charge < -0.3 is 39.4 Å². The molecule has 0 amide bonds. The average molecular weight is 1180 g/mol. The minimum absolute atomic E-state index is 0.0315. The fourth-order valence-electron chi connectivity index (χ4n) is 11.2. The van der Waals surface area contributed by atoms with Crippen molar-refractivity contribution in [1.82, 2.24) is 0 Å². The molecule has 7 rings (SSSR count). The van der Waals surface area contributed by atoms with E-state index in [-0.39, 0.29) is 95.8 Å². The number of carbonyl (C=O) groups excluding carboxylic acids is 4. The zero-order valence-corrected chi connectivity index (χ0v) is 52.8. The van der Waals surface area contributed by atoms with E-state index in [0.29, 0.717) is 83.0 Å². The molecule has 0 spiro atoms. The number of hydrogen-bond acceptors (Lipinski definition) is 16. The SMILES string of the molecule is CC(C)(C)c1cc2cc(c1O)C=NC1CCCCC1N=Cc1cc(cc(C(C)(C)C)c1O)OC(=O)CCCCCC(=O)Oc1cc(c(O)c(C(C)(C)C)c1)C=NC1CCCCC1N=Cc1cc(cc(C(C)(C)C)c1O)OC(=O)CCCCCC(=O)O2. The van der Waals surface area contributed by atoms with Crippen molar-refractivity contribution in [3.8, 4) is 46.0 Å². The van der Waals surface area contributed by atoms with Crippen LogP contribution in [0.1, 0.15) is 243 Å². The number of aromatic hydroxyl groups is 4. The Morgan fingerprint density at radius 2 is 0.512 bits per heavy atom. The highest BCUT2D eigenvalue weighted by Gasteiger charge is 2.30. The van der Waals surface area contributed by atoms with Gasteiger partial charge in [-0.05, 0) is 122 Å². The van der Waals surface area contributed by atoms with E-state index in [1.807, 2.05) is 83.1 Å². The first-order valence-corrected chi connectivity index (χ1v) is 30.9. The highest BCUT2D eigenvalue weighted by Crippen LogP contribution is 2.41. The molecule has 16 nitrogen and oxygen atoms in total. The maximum atomic E-state index is 13.4. The molecule has 8 bridgehead atoms. The summed E-state index contributed by atoms with van der Waals surface area (Å²) in [4.78, 5) is 73.4. The lowest BCUT2D eigenvalue weighted by atomic mass is 9.85. The lowest BCUT2D eigenvalue weighted by Crippen LogP contribution is -2.27. The van der Waals surface area contributed by atoms with Gasteiger partial charge in [-0.25, -0.2) is 0 Å². The molecule has 464 valence electrons. The Morgan fingerprint density at radius 1 is 0.314 bits per heavy atom. The third-order valence-electron chi connectivity index (χ3n) is 16.1. The summed E-state index contributed by atoms with van der Waals surface area (Å²) in [5.74, 6) is -0.604. The summed E-state index contributed by atoms with van der Waals surface area (Å²) in [5.41, 5.74) is 1.83. The summed E-state index contributed by atoms with van der Waals surface area (Å²) in [6.07, 6.45) is 16.4. The second kappa shape index (κ2) is 28.4. The van der Waals surface area contributed by atoms with E-state index in [2.05, 4.69) is 0 Å². The first kappa shape index (κ1) is 66.2. The first-order chi connectivity index (χ1) is 40.4. The summed E-state index contributed by atoms with van der Waals surface area (Å²) < 4.78 is 23.6. The molecule has 86 heavy (non-hydrogen) atoms. The van der Waals surface area contributed by atoms with Crippen LogP contribution in [0.3, 0.4) is 0 Å². The number of phenolic OH excluding ortho intramolecular Hbond substituents is 4. The third-order valence-corrected chi connectivity index (χ3v) is 16.1. The average Bonchev–Trinajstić information content (AvgIpc) is 2.57. The Bertz CT molecular complexity index is 2800. The molecule has 4 atom stereocenters. The summed E-state index contributed by atoms with van der Waals surface area (Å²) in [6, 6.07) is 12.1. The number of esters is 4. The van der Waals surface area contributed by atoms with Gasteiger partial charge in [0.25, 0.3) is 0 Å². The molecule has 4 N–H and O–H groups in total. The van der Waals surface area contributed by atoms with Crippen molar-refractivity contribution in [2.75, 3.05) is 0 Å². The van der Waals surface area contributed by atoms with Gasteiger partial charge in [0, 0.05) is 95.0 Å². The van der Waals surface area contributed by atoms with E-state index in [4.69, 9.17) is 38.9 Å². The molecule has 1 heterocycles. The smallest absolute Gasteiger partial charge is 0.311 e. The summed E-state index contributed by atoms with van der Waals surface area (Å²) >= 11 is 0. The molecule has 2 saturated carbocycles. The van der Waals surface area contributed by atoms with Gasteiger partial charge in [-0.2, -0.15) is 0 Å². The molecular weight excluding hydrogens is 1090 g/mol. The van der Waals surface area contributed by atoms with E-state index >= 15 is 0 Å². The lowest BCUT2D eigenvalue weighted by Gasteiger charge is -2.26. The second-order valence-corrected chi connectivity index (χ2v) is 27.6. The van der Waals surface area contributed by atoms with Gasteiger partial charge in [-0.1, -0.05) is 122 Å². The number of hydrogen-bond donors (Lipinski definition) is 4. The van der Waals surface area contributed by atoms with Crippen LogP contribution in [-0.2, 0) is 40.8 Å². The van der Waals surface area contributed by atoms with E-state index in [0.717, 1.165) is 51.4 Å². The van der Waals surface area contributed by atoms with Gasteiger partial charge in [0.1, 0.15) is 46.0 Å². The van der Waals surface area contributed by atoms with Crippen LogP contribution < -0.4 is 18.9 Å². The summed E-state index contributed by atoms with van der Waals surface area (Å²) in [5, 5.41) is 46.4. The minimum Gasteiger partial charge on any atom is -0.507 e. The number of carbonyl (C=O) groups is 4. The second-order valence-electron chi connectivity index (χ2n) is 27.6. The zero-order chi connectivity index (χ0) is 62.7. The fourth-order valence-corrected chi connectivity index (χ4v) is 11.2. The normalized spacial score (nSPS) is 20.9. The maximum Gasteiger partial charge on any atom is 0.311 e. The molecule has 16 heteroatoms. The van der Waals surface area contributed by atoms with Crippen molar-refractivity contribution >= 4 is 48.7 Å². The number of nitrogens with zero attached hydrogens (tertiary/aromatic N) is 4. The van der Waals surface area contributed by atoms with Crippen LogP contribution in [0.2, 0.25) is 0 Å². The molecule has 2 fully saturated rings. The van der Waals surface area contributed by atoms with E-state index in [1.165, 1.54) is 0 Å². The highest BCUT2D eigenvalue weighted by atomic mass is 16.5. The van der Waals surface area contributed by atoms with Crippen molar-refractivity contribution in [2.45, 2.75) is 244 Å².